The number of fused-ring (bicyclic) bond motifs is 1. The lowest BCUT2D eigenvalue weighted by atomic mass is 9.92. The maximum absolute atomic E-state index is 12.7. The van der Waals surface area contributed by atoms with Gasteiger partial charge in [0.15, 0.2) is 0 Å². The minimum atomic E-state index is -4.22. The summed E-state index contributed by atoms with van der Waals surface area (Å²) in [5.41, 5.74) is 2.21. The Bertz CT molecular complexity index is 825. The lowest BCUT2D eigenvalue weighted by Crippen LogP contribution is -2.05. The third-order valence-electron chi connectivity index (χ3n) is 3.70. The molecule has 3 heteroatoms. The van der Waals surface area contributed by atoms with E-state index in [1.807, 2.05) is 72.8 Å². The first-order valence-corrected chi connectivity index (χ1v) is 7.35. The Labute approximate surface area is 132 Å². The summed E-state index contributed by atoms with van der Waals surface area (Å²) in [5, 5.41) is 1.96. The van der Waals surface area contributed by atoms with Gasteiger partial charge >= 0.3 is 6.18 Å². The molecule has 0 bridgehead atoms. The molecule has 0 aliphatic carbocycles. The van der Waals surface area contributed by atoms with E-state index in [0.717, 1.165) is 21.9 Å². The molecule has 0 spiro atoms. The van der Waals surface area contributed by atoms with Gasteiger partial charge in [-0.15, -0.1) is 0 Å². The van der Waals surface area contributed by atoms with Crippen LogP contribution in [0.25, 0.3) is 16.3 Å². The summed E-state index contributed by atoms with van der Waals surface area (Å²) in [4.78, 5) is 0. The molecule has 0 aromatic heterocycles. The summed E-state index contributed by atoms with van der Waals surface area (Å²) in [6.45, 7) is 0. The van der Waals surface area contributed by atoms with E-state index in [-0.39, 0.29) is 0 Å². The third-order valence-corrected chi connectivity index (χ3v) is 3.70. The average molecular weight is 312 g/mol. The highest BCUT2D eigenvalue weighted by Crippen LogP contribution is 2.32. The summed E-state index contributed by atoms with van der Waals surface area (Å²) in [6.07, 6.45) is -3.89. The zero-order valence-corrected chi connectivity index (χ0v) is 12.3. The second-order valence-electron chi connectivity index (χ2n) is 5.33. The van der Waals surface area contributed by atoms with Crippen molar-refractivity contribution in [1.29, 1.82) is 0 Å². The summed E-state index contributed by atoms with van der Waals surface area (Å²) < 4.78 is 38.2. The number of halogens is 3. The molecule has 0 amide bonds. The maximum atomic E-state index is 12.7. The first-order valence-electron chi connectivity index (χ1n) is 7.35. The van der Waals surface area contributed by atoms with E-state index in [2.05, 4.69) is 0 Å². The van der Waals surface area contributed by atoms with Gasteiger partial charge in [0.2, 0.25) is 0 Å². The number of allylic oxidation sites excluding steroid dienone is 1. The van der Waals surface area contributed by atoms with Crippen LogP contribution in [0.4, 0.5) is 13.2 Å². The minimum absolute atomic E-state index is 0.611. The van der Waals surface area contributed by atoms with Crippen molar-refractivity contribution in [2.45, 2.75) is 12.6 Å². The number of alkyl halides is 3. The molecule has 0 aliphatic rings. The quantitative estimate of drug-likeness (QED) is 0.538. The lowest BCUT2D eigenvalue weighted by Gasteiger charge is -2.13. The molecule has 3 aromatic carbocycles. The van der Waals surface area contributed by atoms with E-state index in [9.17, 15) is 13.2 Å². The third kappa shape index (κ3) is 3.62. The molecule has 0 saturated heterocycles. The van der Waals surface area contributed by atoms with Crippen molar-refractivity contribution in [3.05, 3.63) is 90.0 Å². The highest BCUT2D eigenvalue weighted by Gasteiger charge is 2.25. The van der Waals surface area contributed by atoms with E-state index in [1.54, 1.807) is 0 Å². The Hall–Kier alpha value is -2.55. The average Bonchev–Trinajstić information content (AvgIpc) is 2.55. The second kappa shape index (κ2) is 6.29. The lowest BCUT2D eigenvalue weighted by molar-refractivity contribution is -0.124. The monoisotopic (exact) mass is 312 g/mol. The molecule has 3 aromatic rings. The fraction of sp³-hybridized carbons (Fsp3) is 0.100. The Morgan fingerprint density at radius 1 is 0.783 bits per heavy atom. The van der Waals surface area contributed by atoms with Crippen molar-refractivity contribution in [2.24, 2.45) is 0 Å². The molecule has 0 fully saturated rings. The first kappa shape index (κ1) is 15.3. The first-order chi connectivity index (χ1) is 11.0. The summed E-state index contributed by atoms with van der Waals surface area (Å²) >= 11 is 0. The Balaban J connectivity index is 2.18. The predicted octanol–water partition coefficient (Wildman–Crippen LogP) is 6.22. The normalized spacial score (nSPS) is 12.6. The molecule has 3 rings (SSSR count). The van der Waals surface area contributed by atoms with Crippen LogP contribution in [-0.2, 0) is 0 Å². The van der Waals surface area contributed by atoms with Crippen LogP contribution in [0, 0.1) is 0 Å². The van der Waals surface area contributed by atoms with Gasteiger partial charge in [-0.3, -0.25) is 0 Å². The molecular weight excluding hydrogens is 297 g/mol. The molecule has 0 N–H and O–H groups in total. The van der Waals surface area contributed by atoms with Crippen molar-refractivity contribution in [1.82, 2.24) is 0 Å². The molecule has 116 valence electrons. The number of hydrogen-bond donors (Lipinski definition) is 0. The molecule has 23 heavy (non-hydrogen) atoms. The zero-order valence-electron chi connectivity index (χ0n) is 12.3. The number of benzene rings is 3. The minimum Gasteiger partial charge on any atom is -0.171 e. The van der Waals surface area contributed by atoms with Gasteiger partial charge in [0.25, 0.3) is 0 Å². The van der Waals surface area contributed by atoms with Gasteiger partial charge in [-0.2, -0.15) is 13.2 Å². The van der Waals surface area contributed by atoms with Crippen LogP contribution in [-0.4, -0.2) is 6.18 Å². The second-order valence-corrected chi connectivity index (χ2v) is 5.33. The van der Waals surface area contributed by atoms with Crippen LogP contribution >= 0.6 is 0 Å². The SMILES string of the molecule is FC(F)(F)CC=C(c1ccccc1)c1cccc2ccccc12. The molecule has 0 aliphatic heterocycles. The van der Waals surface area contributed by atoms with Crippen LogP contribution in [0.15, 0.2) is 78.9 Å². The largest absolute Gasteiger partial charge is 0.392 e. The van der Waals surface area contributed by atoms with Gasteiger partial charge < -0.3 is 0 Å². The topological polar surface area (TPSA) is 0 Å². The van der Waals surface area contributed by atoms with Crippen LogP contribution in [0.2, 0.25) is 0 Å². The maximum Gasteiger partial charge on any atom is 0.392 e. The van der Waals surface area contributed by atoms with Gasteiger partial charge in [0.05, 0.1) is 6.42 Å². The van der Waals surface area contributed by atoms with Crippen molar-refractivity contribution in [3.63, 3.8) is 0 Å². The van der Waals surface area contributed by atoms with Crippen LogP contribution in [0.5, 0.6) is 0 Å². The van der Waals surface area contributed by atoms with Gasteiger partial charge in [0, 0.05) is 0 Å². The van der Waals surface area contributed by atoms with Crippen LogP contribution in [0.3, 0.4) is 0 Å². The van der Waals surface area contributed by atoms with Crippen molar-refractivity contribution >= 4 is 16.3 Å². The summed E-state index contributed by atoms with van der Waals surface area (Å²) in [6, 6.07) is 22.6. The molecule has 0 atom stereocenters. The summed E-state index contributed by atoms with van der Waals surface area (Å²) in [7, 11) is 0. The highest BCUT2D eigenvalue weighted by atomic mass is 19.4. The van der Waals surface area contributed by atoms with Gasteiger partial charge in [-0.1, -0.05) is 78.9 Å². The van der Waals surface area contributed by atoms with E-state index in [1.165, 1.54) is 6.08 Å². The number of hydrogen-bond acceptors (Lipinski definition) is 0. The standard InChI is InChI=1S/C20H15F3/c21-20(22,23)14-13-18(15-7-2-1-3-8-15)19-12-6-10-16-9-4-5-11-17(16)19/h1-13H,14H2. The van der Waals surface area contributed by atoms with Crippen LogP contribution < -0.4 is 0 Å². The Morgan fingerprint density at radius 2 is 1.43 bits per heavy atom. The molecular formula is C20H15F3. The van der Waals surface area contributed by atoms with Gasteiger partial charge in [-0.25, -0.2) is 0 Å². The fourth-order valence-electron chi connectivity index (χ4n) is 2.68. The van der Waals surface area contributed by atoms with Crippen molar-refractivity contribution < 1.29 is 13.2 Å². The van der Waals surface area contributed by atoms with E-state index in [4.69, 9.17) is 0 Å². The Kier molecular flexibility index (Phi) is 4.20. The molecule has 0 heterocycles. The van der Waals surface area contributed by atoms with E-state index in [0.29, 0.717) is 5.57 Å². The molecule has 0 saturated carbocycles. The van der Waals surface area contributed by atoms with E-state index >= 15 is 0 Å². The van der Waals surface area contributed by atoms with Gasteiger partial charge in [-0.05, 0) is 27.5 Å². The van der Waals surface area contributed by atoms with Crippen molar-refractivity contribution in [2.75, 3.05) is 0 Å². The van der Waals surface area contributed by atoms with Crippen LogP contribution in [0.1, 0.15) is 17.5 Å². The van der Waals surface area contributed by atoms with E-state index < -0.39 is 12.6 Å². The smallest absolute Gasteiger partial charge is 0.171 e. The molecule has 0 radical (unpaired) electrons. The predicted molar refractivity (Wildman–Crippen MR) is 88.1 cm³/mol. The zero-order chi connectivity index (χ0) is 16.3. The summed E-state index contributed by atoms with van der Waals surface area (Å²) in [5.74, 6) is 0. The van der Waals surface area contributed by atoms with Crippen molar-refractivity contribution in [3.8, 4) is 0 Å². The fourth-order valence-corrected chi connectivity index (χ4v) is 2.68. The molecule has 0 unspecified atom stereocenters. The Morgan fingerprint density at radius 3 is 2.17 bits per heavy atom. The number of rotatable bonds is 3. The highest BCUT2D eigenvalue weighted by molar-refractivity contribution is 5.97. The van der Waals surface area contributed by atoms with Gasteiger partial charge in [0.1, 0.15) is 0 Å². The molecule has 0 nitrogen and oxygen atoms in total.